The average molecular weight is 686 g/mol. The molecule has 3 aliphatic heterocycles. The highest BCUT2D eigenvalue weighted by Crippen LogP contribution is 2.40. The number of nitrogens with one attached hydrogen (secondary N) is 3. The number of anilines is 2. The Labute approximate surface area is 292 Å². The Morgan fingerprint density at radius 2 is 1.54 bits per heavy atom. The number of carbonyl (C=O) groups excluding carboxylic acids is 3. The van der Waals surface area contributed by atoms with E-state index in [2.05, 4.69) is 32.6 Å². The van der Waals surface area contributed by atoms with Crippen LogP contribution in [-0.4, -0.2) is 70.9 Å². The molecule has 0 aliphatic carbocycles. The van der Waals surface area contributed by atoms with E-state index in [0.717, 1.165) is 48.3 Å². The van der Waals surface area contributed by atoms with E-state index >= 15 is 0 Å². The van der Waals surface area contributed by atoms with Crippen LogP contribution in [0.15, 0.2) is 78.9 Å². The molecule has 3 aromatic rings. The number of amides is 3. The summed E-state index contributed by atoms with van der Waals surface area (Å²) < 4.78 is 13.1. The Morgan fingerprint density at radius 1 is 0.860 bits per heavy atom. The quantitative estimate of drug-likeness (QED) is 0.0992. The van der Waals surface area contributed by atoms with Gasteiger partial charge in [0.15, 0.2) is 6.29 Å². The van der Waals surface area contributed by atoms with Crippen molar-refractivity contribution in [2.75, 3.05) is 36.5 Å². The Bertz CT molecular complexity index is 1580. The second-order valence-corrected chi connectivity index (χ2v) is 13.4. The number of aliphatic hydroxyl groups excluding tert-OH is 1. The van der Waals surface area contributed by atoms with E-state index in [9.17, 15) is 19.5 Å². The van der Waals surface area contributed by atoms with E-state index in [1.165, 1.54) is 0 Å². The fraction of sp³-hybridized carbons (Fsp3) is 0.447. The molecule has 12 heteroatoms. The smallest absolute Gasteiger partial charge is 0.247 e. The van der Waals surface area contributed by atoms with Gasteiger partial charge in [-0.3, -0.25) is 19.6 Å². The van der Waals surface area contributed by atoms with Gasteiger partial charge in [-0.25, -0.2) is 5.48 Å². The Kier molecular flexibility index (Phi) is 11.8. The first kappa shape index (κ1) is 35.5. The summed E-state index contributed by atoms with van der Waals surface area (Å²) in [6, 6.07) is 25.4. The summed E-state index contributed by atoms with van der Waals surface area (Å²) in [5.41, 5.74) is 5.48. The van der Waals surface area contributed by atoms with Gasteiger partial charge in [0.25, 0.3) is 0 Å². The third-order valence-corrected chi connectivity index (χ3v) is 10.1. The molecule has 0 unspecified atom stereocenters. The van der Waals surface area contributed by atoms with Gasteiger partial charge in [0.1, 0.15) is 5.54 Å². The number of hydrogen-bond donors (Lipinski definition) is 5. The lowest BCUT2D eigenvalue weighted by molar-refractivity contribution is -0.253. The molecule has 266 valence electrons. The minimum Gasteiger partial charge on any atom is -0.392 e. The monoisotopic (exact) mass is 685 g/mol. The number of hydroxylamine groups is 1. The zero-order chi connectivity index (χ0) is 34.9. The number of benzene rings is 3. The third-order valence-electron chi connectivity index (χ3n) is 10.1. The van der Waals surface area contributed by atoms with Gasteiger partial charge in [0.05, 0.1) is 25.5 Å². The van der Waals surface area contributed by atoms with Crippen molar-refractivity contribution in [2.24, 2.45) is 0 Å². The minimum absolute atomic E-state index is 0.0252. The van der Waals surface area contributed by atoms with Crippen molar-refractivity contribution in [3.63, 3.8) is 0 Å². The minimum atomic E-state index is -0.623. The molecule has 5 N–H and O–H groups in total. The first-order valence-corrected chi connectivity index (χ1v) is 17.5. The second-order valence-electron chi connectivity index (χ2n) is 13.4. The van der Waals surface area contributed by atoms with Crippen LogP contribution in [0.1, 0.15) is 80.5 Å². The summed E-state index contributed by atoms with van der Waals surface area (Å²) >= 11 is 0. The summed E-state index contributed by atoms with van der Waals surface area (Å²) in [6.45, 7) is 2.73. The Balaban J connectivity index is 1.08. The summed E-state index contributed by atoms with van der Waals surface area (Å²) in [5, 5.41) is 24.2. The summed E-state index contributed by atoms with van der Waals surface area (Å²) in [6.07, 6.45) is 3.65. The van der Waals surface area contributed by atoms with Gasteiger partial charge in [-0.1, -0.05) is 61.0 Å². The van der Waals surface area contributed by atoms with Crippen molar-refractivity contribution >= 4 is 29.1 Å². The number of nitrogens with zero attached hydrogens (tertiary/aromatic N) is 2. The topological polar surface area (TPSA) is 153 Å². The second kappa shape index (κ2) is 16.6. The van der Waals surface area contributed by atoms with Crippen molar-refractivity contribution in [3.8, 4) is 0 Å². The van der Waals surface area contributed by atoms with Gasteiger partial charge in [-0.05, 0) is 61.1 Å². The van der Waals surface area contributed by atoms with Crippen molar-refractivity contribution < 1.29 is 34.2 Å². The van der Waals surface area contributed by atoms with Crippen LogP contribution in [0.25, 0.3) is 0 Å². The van der Waals surface area contributed by atoms with Gasteiger partial charge in [-0.15, -0.1) is 0 Å². The van der Waals surface area contributed by atoms with Crippen LogP contribution in [0.3, 0.4) is 0 Å². The van der Waals surface area contributed by atoms with Gasteiger partial charge < -0.3 is 35.0 Å². The summed E-state index contributed by atoms with van der Waals surface area (Å²) in [5.74, 6) is -0.433. The first-order chi connectivity index (χ1) is 24.4. The zero-order valence-corrected chi connectivity index (χ0v) is 28.3. The maximum absolute atomic E-state index is 13.2. The van der Waals surface area contributed by atoms with Crippen LogP contribution in [0.5, 0.6) is 0 Å². The molecule has 3 fully saturated rings. The third kappa shape index (κ3) is 8.51. The van der Waals surface area contributed by atoms with E-state index in [1.54, 1.807) is 5.48 Å². The molecule has 0 aromatic heterocycles. The lowest BCUT2D eigenvalue weighted by Gasteiger charge is -2.45. The largest absolute Gasteiger partial charge is 0.392 e. The number of likely N-dealkylation sites (tertiary alicyclic amines) is 1. The number of aliphatic hydroxyl groups is 1. The SMILES string of the molecule is O=C(CCCCCC(=O)Nc1ccc([C@@H]2O[C@H](CN3CCC4(CC3)C(=O)NCN4c3ccccc3)C[C@H](c3ccc(CO)cc3)O2)cc1)NO. The van der Waals surface area contributed by atoms with E-state index in [4.69, 9.17) is 14.7 Å². The molecular formula is C38H47N5O7. The van der Waals surface area contributed by atoms with Crippen molar-refractivity contribution in [1.82, 2.24) is 15.7 Å². The maximum atomic E-state index is 13.2. The average Bonchev–Trinajstić information content (AvgIpc) is 3.47. The van der Waals surface area contributed by atoms with E-state index in [-0.39, 0.29) is 37.0 Å². The van der Waals surface area contributed by atoms with E-state index in [0.29, 0.717) is 51.0 Å². The number of para-hydroxylation sites is 1. The highest BCUT2D eigenvalue weighted by Gasteiger charge is 2.50. The summed E-state index contributed by atoms with van der Waals surface area (Å²) in [4.78, 5) is 41.4. The first-order valence-electron chi connectivity index (χ1n) is 17.5. The van der Waals surface area contributed by atoms with Gasteiger partial charge in [0, 0.05) is 55.8 Å². The van der Waals surface area contributed by atoms with Crippen LogP contribution in [0.2, 0.25) is 0 Å². The van der Waals surface area contributed by atoms with Crippen molar-refractivity contribution in [1.29, 1.82) is 0 Å². The zero-order valence-electron chi connectivity index (χ0n) is 28.3. The lowest BCUT2D eigenvalue weighted by Crippen LogP contribution is -2.57. The fourth-order valence-corrected chi connectivity index (χ4v) is 7.21. The molecule has 3 heterocycles. The number of hydrogen-bond acceptors (Lipinski definition) is 9. The highest BCUT2D eigenvalue weighted by molar-refractivity contribution is 5.93. The number of ether oxygens (including phenoxy) is 2. The predicted molar refractivity (Wildman–Crippen MR) is 187 cm³/mol. The Morgan fingerprint density at radius 3 is 2.22 bits per heavy atom. The molecule has 0 radical (unpaired) electrons. The number of carbonyl (C=O) groups is 3. The van der Waals surface area contributed by atoms with E-state index in [1.807, 2.05) is 66.7 Å². The normalized spacial score (nSPS) is 21.9. The maximum Gasteiger partial charge on any atom is 0.247 e. The van der Waals surface area contributed by atoms with Crippen LogP contribution in [0.4, 0.5) is 11.4 Å². The predicted octanol–water partition coefficient (Wildman–Crippen LogP) is 4.55. The van der Waals surface area contributed by atoms with E-state index < -0.39 is 17.7 Å². The number of piperidine rings is 1. The molecular weight excluding hydrogens is 638 g/mol. The molecule has 3 aliphatic rings. The molecule has 3 saturated heterocycles. The van der Waals surface area contributed by atoms with Crippen LogP contribution >= 0.6 is 0 Å². The molecule has 0 bridgehead atoms. The molecule has 3 aromatic carbocycles. The van der Waals surface area contributed by atoms with Crippen LogP contribution < -0.4 is 21.0 Å². The van der Waals surface area contributed by atoms with Gasteiger partial charge >= 0.3 is 0 Å². The number of unbranched alkanes of at least 4 members (excludes halogenated alkanes) is 2. The van der Waals surface area contributed by atoms with Gasteiger partial charge in [0.2, 0.25) is 17.7 Å². The molecule has 3 amide bonds. The molecule has 12 nitrogen and oxygen atoms in total. The molecule has 6 rings (SSSR count). The van der Waals surface area contributed by atoms with Crippen LogP contribution in [-0.2, 0) is 30.5 Å². The standard InChI is InChI=1S/C38H47N5O7/c44-25-27-11-13-28(14-12-27)33-23-32(24-42-21-19-38(20-22-42)37(47)39-26-43(38)31-7-3-1-4-8-31)49-36(50-33)29-15-17-30(18-16-29)40-34(45)9-5-2-6-10-35(46)41-48/h1,3-4,7-8,11-18,32-33,36,44,48H,2,5-6,9-10,19-26H2,(H,39,47)(H,40,45)(H,41,46)/t32-,33+,36+/m0/s1. The van der Waals surface area contributed by atoms with Crippen molar-refractivity contribution in [3.05, 3.63) is 95.6 Å². The summed E-state index contributed by atoms with van der Waals surface area (Å²) in [7, 11) is 0. The number of rotatable bonds is 13. The van der Waals surface area contributed by atoms with Gasteiger partial charge in [-0.2, -0.15) is 0 Å². The van der Waals surface area contributed by atoms with Crippen molar-refractivity contribution in [2.45, 2.75) is 82.0 Å². The molecule has 50 heavy (non-hydrogen) atoms. The lowest BCUT2D eigenvalue weighted by atomic mass is 9.85. The molecule has 3 atom stereocenters. The van der Waals surface area contributed by atoms with Crippen LogP contribution in [0, 0.1) is 0 Å². The molecule has 1 spiro atoms. The Hall–Kier alpha value is -4.33. The fourth-order valence-electron chi connectivity index (χ4n) is 7.21. The highest BCUT2D eigenvalue weighted by atomic mass is 16.7. The molecule has 0 saturated carbocycles.